The van der Waals surface area contributed by atoms with Gasteiger partial charge in [-0.1, -0.05) is 0 Å². The minimum Gasteiger partial charge on any atom is -0.495 e. The topological polar surface area (TPSA) is 59.1 Å². The fourth-order valence-corrected chi connectivity index (χ4v) is 2.48. The molecule has 1 aliphatic rings. The van der Waals surface area contributed by atoms with Gasteiger partial charge in [0, 0.05) is 30.8 Å². The number of methoxy groups -OCH3 is 1. The van der Waals surface area contributed by atoms with Gasteiger partial charge in [-0.25, -0.2) is 9.97 Å². The molecule has 3 rings (SSSR count). The Morgan fingerprint density at radius 3 is 2.62 bits per heavy atom. The van der Waals surface area contributed by atoms with Crippen LogP contribution in [0.15, 0.2) is 28.7 Å². The van der Waals surface area contributed by atoms with E-state index in [9.17, 15) is 0 Å². The molecule has 1 aromatic heterocycles. The Balaban J connectivity index is 1.88. The van der Waals surface area contributed by atoms with Gasteiger partial charge in [0.05, 0.1) is 11.6 Å². The average Bonchev–Trinajstić information content (AvgIpc) is 3.33. The van der Waals surface area contributed by atoms with Crippen LogP contribution >= 0.6 is 15.9 Å². The number of nitrogens with one attached hydrogen (secondary N) is 2. The van der Waals surface area contributed by atoms with E-state index in [0.29, 0.717) is 5.92 Å². The maximum atomic E-state index is 5.31. The van der Waals surface area contributed by atoms with Gasteiger partial charge in [-0.05, 0) is 40.9 Å². The maximum absolute atomic E-state index is 5.31. The minimum absolute atomic E-state index is 0.512. The Labute approximate surface area is 132 Å². The number of hydrogen-bond donors (Lipinski definition) is 2. The number of benzene rings is 1. The number of nitrogens with zero attached hydrogens (tertiary/aromatic N) is 2. The van der Waals surface area contributed by atoms with Crippen LogP contribution in [0.1, 0.15) is 24.6 Å². The van der Waals surface area contributed by atoms with Gasteiger partial charge >= 0.3 is 0 Å². The van der Waals surface area contributed by atoms with Crippen molar-refractivity contribution >= 4 is 33.3 Å². The van der Waals surface area contributed by atoms with Crippen LogP contribution in [0.25, 0.3) is 0 Å². The summed E-state index contributed by atoms with van der Waals surface area (Å²) in [5, 5.41) is 6.40. The predicted octanol–water partition coefficient (Wildman–Crippen LogP) is 3.91. The molecule has 0 radical (unpaired) electrons. The van der Waals surface area contributed by atoms with Crippen LogP contribution in [0.5, 0.6) is 5.75 Å². The number of hydrogen-bond acceptors (Lipinski definition) is 5. The molecule has 2 aromatic rings. The Kier molecular flexibility index (Phi) is 3.96. The molecule has 0 atom stereocenters. The normalized spacial score (nSPS) is 13.9. The van der Waals surface area contributed by atoms with Crippen molar-refractivity contribution in [1.29, 1.82) is 0 Å². The summed E-state index contributed by atoms with van der Waals surface area (Å²) >= 11 is 3.45. The number of aromatic nitrogens is 2. The van der Waals surface area contributed by atoms with Crippen LogP contribution in [0.3, 0.4) is 0 Å². The molecule has 1 fully saturated rings. The lowest BCUT2D eigenvalue weighted by Gasteiger charge is -2.11. The number of anilines is 3. The Morgan fingerprint density at radius 2 is 1.95 bits per heavy atom. The lowest BCUT2D eigenvalue weighted by Crippen LogP contribution is -2.03. The molecule has 6 heteroatoms. The number of rotatable bonds is 5. The lowest BCUT2D eigenvalue weighted by atomic mass is 10.3. The van der Waals surface area contributed by atoms with Crippen LogP contribution in [0, 0.1) is 0 Å². The second kappa shape index (κ2) is 5.89. The first-order valence-corrected chi connectivity index (χ1v) is 7.66. The van der Waals surface area contributed by atoms with Crippen LogP contribution in [0.2, 0.25) is 0 Å². The Bertz CT molecular complexity index is 658. The smallest absolute Gasteiger partial charge is 0.136 e. The van der Waals surface area contributed by atoms with Crippen molar-refractivity contribution in [1.82, 2.24) is 9.97 Å². The fraction of sp³-hybridized carbons (Fsp3) is 0.333. The van der Waals surface area contributed by atoms with E-state index in [4.69, 9.17) is 4.74 Å². The van der Waals surface area contributed by atoms with Gasteiger partial charge in [-0.3, -0.25) is 0 Å². The summed E-state index contributed by atoms with van der Waals surface area (Å²) in [5.74, 6) is 3.83. The summed E-state index contributed by atoms with van der Waals surface area (Å²) in [6.45, 7) is 0. The summed E-state index contributed by atoms with van der Waals surface area (Å²) in [6.07, 6.45) is 2.36. The van der Waals surface area contributed by atoms with Gasteiger partial charge in [-0.2, -0.15) is 0 Å². The molecule has 1 aromatic carbocycles. The monoisotopic (exact) mass is 348 g/mol. The molecule has 0 amide bonds. The van der Waals surface area contributed by atoms with Gasteiger partial charge in [0.1, 0.15) is 23.2 Å². The lowest BCUT2D eigenvalue weighted by molar-refractivity contribution is 0.412. The fourth-order valence-electron chi connectivity index (χ4n) is 2.07. The molecule has 0 aliphatic heterocycles. The molecule has 110 valence electrons. The predicted molar refractivity (Wildman–Crippen MR) is 87.5 cm³/mol. The molecule has 21 heavy (non-hydrogen) atoms. The second-order valence-electron chi connectivity index (χ2n) is 5.00. The third-order valence-corrected chi connectivity index (χ3v) is 4.02. The summed E-state index contributed by atoms with van der Waals surface area (Å²) in [6, 6.07) is 7.76. The largest absolute Gasteiger partial charge is 0.495 e. The van der Waals surface area contributed by atoms with Crippen LogP contribution in [0.4, 0.5) is 17.3 Å². The van der Waals surface area contributed by atoms with Gasteiger partial charge in [0.2, 0.25) is 0 Å². The molecule has 1 saturated carbocycles. The van der Waals surface area contributed by atoms with E-state index >= 15 is 0 Å². The molecule has 2 N–H and O–H groups in total. The van der Waals surface area contributed by atoms with Gasteiger partial charge in [0.25, 0.3) is 0 Å². The van der Waals surface area contributed by atoms with Crippen molar-refractivity contribution in [3.8, 4) is 5.75 Å². The van der Waals surface area contributed by atoms with Crippen molar-refractivity contribution in [2.75, 3.05) is 24.8 Å². The van der Waals surface area contributed by atoms with Crippen LogP contribution in [-0.4, -0.2) is 24.1 Å². The van der Waals surface area contributed by atoms with E-state index in [1.165, 1.54) is 12.8 Å². The number of ether oxygens (including phenoxy) is 1. The standard InChI is InChI=1S/C15H17BrN4O/c1-17-13-8-14(20-15(19-13)9-3-4-9)18-10-5-6-11(16)12(7-10)21-2/h5-9H,3-4H2,1-2H3,(H2,17,18,19,20). The van der Waals surface area contributed by atoms with E-state index in [1.54, 1.807) is 7.11 Å². The van der Waals surface area contributed by atoms with E-state index in [1.807, 2.05) is 31.3 Å². The summed E-state index contributed by atoms with van der Waals surface area (Å²) < 4.78 is 6.23. The number of halogens is 1. The molecule has 0 spiro atoms. The second-order valence-corrected chi connectivity index (χ2v) is 5.85. The first-order chi connectivity index (χ1) is 10.2. The van der Waals surface area contributed by atoms with Crippen molar-refractivity contribution in [2.24, 2.45) is 0 Å². The average molecular weight is 349 g/mol. The van der Waals surface area contributed by atoms with E-state index in [2.05, 4.69) is 36.5 Å². The molecule has 0 saturated heterocycles. The van der Waals surface area contributed by atoms with Crippen LogP contribution in [-0.2, 0) is 0 Å². The minimum atomic E-state index is 0.512. The van der Waals surface area contributed by atoms with E-state index < -0.39 is 0 Å². The molecular weight excluding hydrogens is 332 g/mol. The van der Waals surface area contributed by atoms with Crippen LogP contribution < -0.4 is 15.4 Å². The van der Waals surface area contributed by atoms with Crippen molar-refractivity contribution in [3.05, 3.63) is 34.6 Å². The third-order valence-electron chi connectivity index (χ3n) is 3.37. The van der Waals surface area contributed by atoms with Crippen molar-refractivity contribution in [2.45, 2.75) is 18.8 Å². The zero-order valence-electron chi connectivity index (χ0n) is 12.0. The zero-order chi connectivity index (χ0) is 14.8. The summed E-state index contributed by atoms with van der Waals surface area (Å²) in [7, 11) is 3.52. The Hall–Kier alpha value is -1.82. The Morgan fingerprint density at radius 1 is 1.19 bits per heavy atom. The first kappa shape index (κ1) is 14.1. The highest BCUT2D eigenvalue weighted by Crippen LogP contribution is 2.39. The van der Waals surface area contributed by atoms with Crippen molar-refractivity contribution < 1.29 is 4.74 Å². The summed E-state index contributed by atoms with van der Waals surface area (Å²) in [5.41, 5.74) is 0.928. The van der Waals surface area contributed by atoms with Crippen molar-refractivity contribution in [3.63, 3.8) is 0 Å². The van der Waals surface area contributed by atoms with E-state index in [0.717, 1.165) is 33.4 Å². The SMILES string of the molecule is CNc1cc(Nc2ccc(Br)c(OC)c2)nc(C2CC2)n1. The molecule has 0 unspecified atom stereocenters. The van der Waals surface area contributed by atoms with Gasteiger partial charge < -0.3 is 15.4 Å². The molecule has 0 bridgehead atoms. The third kappa shape index (κ3) is 3.26. The molecule has 1 heterocycles. The quantitative estimate of drug-likeness (QED) is 0.857. The molecule has 5 nitrogen and oxygen atoms in total. The zero-order valence-corrected chi connectivity index (χ0v) is 13.6. The van der Waals surface area contributed by atoms with E-state index in [-0.39, 0.29) is 0 Å². The maximum Gasteiger partial charge on any atom is 0.136 e. The highest BCUT2D eigenvalue weighted by molar-refractivity contribution is 9.10. The molecular formula is C15H17BrN4O. The molecule has 1 aliphatic carbocycles. The highest BCUT2D eigenvalue weighted by Gasteiger charge is 2.27. The highest BCUT2D eigenvalue weighted by atomic mass is 79.9. The van der Waals surface area contributed by atoms with Gasteiger partial charge in [0.15, 0.2) is 0 Å². The first-order valence-electron chi connectivity index (χ1n) is 6.87. The summed E-state index contributed by atoms with van der Waals surface area (Å²) in [4.78, 5) is 9.11. The van der Waals surface area contributed by atoms with Gasteiger partial charge in [-0.15, -0.1) is 0 Å².